The fraction of sp³-hybridized carbons (Fsp3) is 0.158. The highest BCUT2D eigenvalue weighted by atomic mass is 16.1. The van der Waals surface area contributed by atoms with E-state index >= 15 is 0 Å². The number of hydrogen-bond donors (Lipinski definition) is 2. The van der Waals surface area contributed by atoms with Crippen LogP contribution in [0.25, 0.3) is 10.9 Å². The molecule has 0 atom stereocenters. The largest absolute Gasteiger partial charge is 0.370 e. The van der Waals surface area contributed by atoms with Crippen molar-refractivity contribution in [2.24, 2.45) is 16.5 Å². The van der Waals surface area contributed by atoms with Gasteiger partial charge in [-0.25, -0.2) is 0 Å². The van der Waals surface area contributed by atoms with Gasteiger partial charge in [0.15, 0.2) is 5.96 Å². The standard InChI is InChI=1S/C19H20N4O/c1-12-13(2)23(11-14-6-4-3-5-7-14)17-9-8-15(10-16(12)17)18(24)22-19(20)21/h3-10H,11H2,1-2H3,(H4,20,21,22,24). The van der Waals surface area contributed by atoms with E-state index in [2.05, 4.69) is 35.5 Å². The lowest BCUT2D eigenvalue weighted by molar-refractivity contribution is 0.100. The number of nitrogens with zero attached hydrogens (tertiary/aromatic N) is 2. The second kappa shape index (κ2) is 6.20. The second-order valence-electron chi connectivity index (χ2n) is 5.86. The third kappa shape index (κ3) is 2.88. The fourth-order valence-electron chi connectivity index (χ4n) is 2.93. The zero-order chi connectivity index (χ0) is 17.3. The minimum atomic E-state index is -0.426. The number of aliphatic imine (C=N–C) groups is 1. The Labute approximate surface area is 140 Å². The summed E-state index contributed by atoms with van der Waals surface area (Å²) >= 11 is 0. The first-order chi connectivity index (χ1) is 11.5. The van der Waals surface area contributed by atoms with E-state index in [1.807, 2.05) is 30.3 Å². The molecule has 5 heteroatoms. The molecule has 0 bridgehead atoms. The average molecular weight is 320 g/mol. The summed E-state index contributed by atoms with van der Waals surface area (Å²) in [5.41, 5.74) is 15.7. The molecule has 24 heavy (non-hydrogen) atoms. The Hall–Kier alpha value is -3.08. The molecule has 0 aliphatic rings. The monoisotopic (exact) mass is 320 g/mol. The van der Waals surface area contributed by atoms with Gasteiger partial charge in [-0.1, -0.05) is 30.3 Å². The summed E-state index contributed by atoms with van der Waals surface area (Å²) in [6.45, 7) is 4.95. The number of amides is 1. The summed E-state index contributed by atoms with van der Waals surface area (Å²) in [4.78, 5) is 15.6. The van der Waals surface area contributed by atoms with E-state index in [-0.39, 0.29) is 5.96 Å². The first-order valence-electron chi connectivity index (χ1n) is 7.74. The quantitative estimate of drug-likeness (QED) is 0.574. The van der Waals surface area contributed by atoms with Crippen molar-refractivity contribution in [1.29, 1.82) is 0 Å². The zero-order valence-electron chi connectivity index (χ0n) is 13.8. The van der Waals surface area contributed by atoms with Gasteiger partial charge in [-0.2, -0.15) is 4.99 Å². The van der Waals surface area contributed by atoms with Crippen LogP contribution in [0.1, 0.15) is 27.2 Å². The third-order valence-electron chi connectivity index (χ3n) is 4.30. The van der Waals surface area contributed by atoms with Crippen molar-refractivity contribution in [1.82, 2.24) is 4.57 Å². The second-order valence-corrected chi connectivity index (χ2v) is 5.86. The van der Waals surface area contributed by atoms with Gasteiger partial charge in [0.25, 0.3) is 5.91 Å². The number of carbonyl (C=O) groups excluding carboxylic acids is 1. The molecule has 0 saturated carbocycles. The van der Waals surface area contributed by atoms with Crippen LogP contribution in [0.4, 0.5) is 0 Å². The van der Waals surface area contributed by atoms with E-state index in [1.54, 1.807) is 6.07 Å². The van der Waals surface area contributed by atoms with Crippen LogP contribution in [0.3, 0.4) is 0 Å². The lowest BCUT2D eigenvalue weighted by Gasteiger charge is -2.09. The van der Waals surface area contributed by atoms with E-state index in [4.69, 9.17) is 11.5 Å². The van der Waals surface area contributed by atoms with Gasteiger partial charge >= 0.3 is 0 Å². The lowest BCUT2D eigenvalue weighted by Crippen LogP contribution is -2.24. The van der Waals surface area contributed by atoms with Gasteiger partial charge in [0.2, 0.25) is 0 Å². The van der Waals surface area contributed by atoms with Gasteiger partial charge in [-0.3, -0.25) is 4.79 Å². The van der Waals surface area contributed by atoms with E-state index in [0.717, 1.165) is 23.0 Å². The van der Waals surface area contributed by atoms with Crippen LogP contribution in [0, 0.1) is 13.8 Å². The number of benzene rings is 2. The maximum atomic E-state index is 12.0. The smallest absolute Gasteiger partial charge is 0.280 e. The molecular weight excluding hydrogens is 300 g/mol. The SMILES string of the molecule is Cc1c(C)n(Cc2ccccc2)c2ccc(C(=O)N=C(N)N)cc12. The summed E-state index contributed by atoms with van der Waals surface area (Å²) in [7, 11) is 0. The predicted octanol–water partition coefficient (Wildman–Crippen LogP) is 2.72. The number of aryl methyl sites for hydroxylation is 1. The number of aromatic nitrogens is 1. The first kappa shape index (κ1) is 15.8. The molecule has 122 valence electrons. The molecule has 3 aromatic rings. The molecule has 2 aromatic carbocycles. The zero-order valence-corrected chi connectivity index (χ0v) is 13.8. The average Bonchev–Trinajstić information content (AvgIpc) is 2.80. The summed E-state index contributed by atoms with van der Waals surface area (Å²) < 4.78 is 2.26. The van der Waals surface area contributed by atoms with Crippen molar-refractivity contribution in [3.63, 3.8) is 0 Å². The van der Waals surface area contributed by atoms with Gasteiger partial charge in [0.1, 0.15) is 0 Å². The molecule has 0 aliphatic carbocycles. The van der Waals surface area contributed by atoms with Crippen LogP contribution < -0.4 is 11.5 Å². The van der Waals surface area contributed by atoms with Gasteiger partial charge < -0.3 is 16.0 Å². The van der Waals surface area contributed by atoms with Crippen molar-refractivity contribution in [2.75, 3.05) is 0 Å². The molecule has 1 heterocycles. The maximum absolute atomic E-state index is 12.0. The van der Waals surface area contributed by atoms with Crippen molar-refractivity contribution in [3.05, 3.63) is 70.9 Å². The minimum absolute atomic E-state index is 0.227. The number of nitrogens with two attached hydrogens (primary N) is 2. The molecule has 3 rings (SSSR count). The molecule has 0 unspecified atom stereocenters. The normalized spacial score (nSPS) is 10.8. The number of hydrogen-bond acceptors (Lipinski definition) is 1. The Balaban J connectivity index is 2.08. The molecule has 5 nitrogen and oxygen atoms in total. The molecule has 0 saturated heterocycles. The van der Waals surface area contributed by atoms with Gasteiger partial charge in [-0.05, 0) is 43.2 Å². The first-order valence-corrected chi connectivity index (χ1v) is 7.74. The molecule has 0 fully saturated rings. The van der Waals surface area contributed by atoms with Crippen LogP contribution in [0.15, 0.2) is 53.5 Å². The van der Waals surface area contributed by atoms with Crippen LogP contribution >= 0.6 is 0 Å². The fourth-order valence-corrected chi connectivity index (χ4v) is 2.93. The highest BCUT2D eigenvalue weighted by Crippen LogP contribution is 2.27. The maximum Gasteiger partial charge on any atom is 0.280 e. The Morgan fingerprint density at radius 1 is 1.08 bits per heavy atom. The van der Waals surface area contributed by atoms with Crippen LogP contribution in [-0.4, -0.2) is 16.4 Å². The highest BCUT2D eigenvalue weighted by molar-refractivity contribution is 6.04. The number of fused-ring (bicyclic) bond motifs is 1. The molecule has 1 aromatic heterocycles. The van der Waals surface area contributed by atoms with Crippen LogP contribution in [-0.2, 0) is 6.54 Å². The lowest BCUT2D eigenvalue weighted by atomic mass is 10.1. The third-order valence-corrected chi connectivity index (χ3v) is 4.30. The molecule has 0 aliphatic heterocycles. The van der Waals surface area contributed by atoms with Crippen molar-refractivity contribution < 1.29 is 4.79 Å². The van der Waals surface area contributed by atoms with Crippen molar-refractivity contribution >= 4 is 22.8 Å². The van der Waals surface area contributed by atoms with Gasteiger partial charge in [-0.15, -0.1) is 0 Å². The van der Waals surface area contributed by atoms with Crippen molar-refractivity contribution in [3.8, 4) is 0 Å². The molecule has 0 radical (unpaired) electrons. The van der Waals surface area contributed by atoms with Crippen LogP contribution in [0.5, 0.6) is 0 Å². The minimum Gasteiger partial charge on any atom is -0.370 e. The Morgan fingerprint density at radius 2 is 1.79 bits per heavy atom. The van der Waals surface area contributed by atoms with Crippen LogP contribution in [0.2, 0.25) is 0 Å². The van der Waals surface area contributed by atoms with Gasteiger partial charge in [0.05, 0.1) is 0 Å². The number of guanidine groups is 1. The van der Waals surface area contributed by atoms with E-state index in [0.29, 0.717) is 5.56 Å². The summed E-state index contributed by atoms with van der Waals surface area (Å²) in [5, 5.41) is 1.04. The Kier molecular flexibility index (Phi) is 4.08. The van der Waals surface area contributed by atoms with E-state index < -0.39 is 5.91 Å². The molecule has 1 amide bonds. The van der Waals surface area contributed by atoms with Gasteiger partial charge in [0, 0.05) is 28.7 Å². The molecular formula is C19H20N4O. The highest BCUT2D eigenvalue weighted by Gasteiger charge is 2.14. The predicted molar refractivity (Wildman–Crippen MR) is 97.1 cm³/mol. The summed E-state index contributed by atoms with van der Waals surface area (Å²) in [5.74, 6) is -0.653. The van der Waals surface area contributed by atoms with Crippen molar-refractivity contribution in [2.45, 2.75) is 20.4 Å². The van der Waals surface area contributed by atoms with E-state index in [9.17, 15) is 4.79 Å². The molecule has 4 N–H and O–H groups in total. The summed E-state index contributed by atoms with van der Waals surface area (Å²) in [6, 6.07) is 15.9. The Morgan fingerprint density at radius 3 is 2.46 bits per heavy atom. The summed E-state index contributed by atoms with van der Waals surface area (Å²) in [6.07, 6.45) is 0. The number of rotatable bonds is 3. The number of carbonyl (C=O) groups is 1. The Bertz CT molecular complexity index is 935. The topological polar surface area (TPSA) is 86.4 Å². The molecule has 0 spiro atoms. The van der Waals surface area contributed by atoms with E-state index in [1.165, 1.54) is 11.3 Å².